The number of nitrogens with one attached hydrogen (secondary N) is 1. The smallest absolute Gasteiger partial charge is 0.408 e. The summed E-state index contributed by atoms with van der Waals surface area (Å²) in [7, 11) is 0.583. The van der Waals surface area contributed by atoms with E-state index in [1.165, 1.54) is 7.11 Å². The lowest BCUT2D eigenvalue weighted by molar-refractivity contribution is -0.182. The Kier molecular flexibility index (Phi) is 19.6. The summed E-state index contributed by atoms with van der Waals surface area (Å²) < 4.78 is 54.8. The van der Waals surface area contributed by atoms with Crippen LogP contribution in [-0.2, 0) is 39.5 Å². The number of benzene rings is 3. The van der Waals surface area contributed by atoms with E-state index in [1.807, 2.05) is 36.4 Å². The van der Waals surface area contributed by atoms with Crippen molar-refractivity contribution >= 4 is 42.9 Å². The van der Waals surface area contributed by atoms with Gasteiger partial charge < -0.3 is 57.9 Å². The third-order valence-electron chi connectivity index (χ3n) is 13.1. The van der Waals surface area contributed by atoms with Crippen LogP contribution in [0.25, 0.3) is 11.1 Å². The van der Waals surface area contributed by atoms with E-state index in [2.05, 4.69) is 61.9 Å². The first-order valence-corrected chi connectivity index (χ1v) is 29.0. The molecule has 3 aromatic carbocycles. The standard InChI is InChI=1S/C58H71ClN2O13SSi/c1-14-48(58(65)33-44(73-76(12,13)55(5,6)7)31-42(58)25-26-57(36-70-56(8,9)74-57)49(34-62)68-35-38-21-23-43(67-11)24-22-38)71-52-45(59)29-41(30-47(52)69-37-66-10)39-18-17-19-40(28-39)46(61-53(64)72-54(2,3)4)32-51(63)75-50-20-15-16-27-60-50/h1,15-24,27-31,44,46,48-49,62,65H,32-37H2,2-13H3,(H,61,64)/t44-,46+,48-,49+,57+,58-/m1/s1. The Labute approximate surface area is 457 Å². The second-order valence-corrected chi connectivity index (χ2v) is 27.8. The molecule has 0 unspecified atom stereocenters. The number of aliphatic hydroxyl groups is 2. The summed E-state index contributed by atoms with van der Waals surface area (Å²) in [5.41, 5.74) is -1.45. The van der Waals surface area contributed by atoms with Gasteiger partial charge in [-0.25, -0.2) is 9.78 Å². The van der Waals surface area contributed by atoms with Gasteiger partial charge in [-0.15, -0.1) is 6.42 Å². The molecule has 2 heterocycles. The highest BCUT2D eigenvalue weighted by Crippen LogP contribution is 2.46. The lowest BCUT2D eigenvalue weighted by atomic mass is 9.88. The zero-order valence-electron chi connectivity index (χ0n) is 45.4. The third-order valence-corrected chi connectivity index (χ3v) is 18.7. The van der Waals surface area contributed by atoms with Crippen LogP contribution in [0.15, 0.2) is 102 Å². The number of hydrogen-bond acceptors (Lipinski definition) is 15. The van der Waals surface area contributed by atoms with E-state index in [-0.39, 0.29) is 65.1 Å². The Balaban J connectivity index is 1.37. The van der Waals surface area contributed by atoms with Gasteiger partial charge in [0.15, 0.2) is 49.2 Å². The number of nitrogens with zero attached hydrogens (tertiary/aromatic N) is 1. The fourth-order valence-electron chi connectivity index (χ4n) is 8.18. The van der Waals surface area contributed by atoms with E-state index in [0.29, 0.717) is 27.5 Å². The van der Waals surface area contributed by atoms with Crippen molar-refractivity contribution in [2.24, 2.45) is 0 Å². The molecule has 0 saturated carbocycles. The van der Waals surface area contributed by atoms with E-state index >= 15 is 0 Å². The first-order chi connectivity index (χ1) is 35.7. The number of ether oxygens (including phenoxy) is 8. The Hall–Kier alpha value is -5.41. The zero-order valence-corrected chi connectivity index (χ0v) is 48.0. The monoisotopic (exact) mass is 1100 g/mol. The number of aromatic nitrogens is 1. The Morgan fingerprint density at radius 2 is 1.75 bits per heavy atom. The van der Waals surface area contributed by atoms with Gasteiger partial charge in [-0.2, -0.15) is 0 Å². The Morgan fingerprint density at radius 3 is 2.36 bits per heavy atom. The van der Waals surface area contributed by atoms with Crippen molar-refractivity contribution < 1.29 is 62.1 Å². The number of aliphatic hydroxyl groups excluding tert-OH is 1. The van der Waals surface area contributed by atoms with E-state index in [9.17, 15) is 19.8 Å². The van der Waals surface area contributed by atoms with Gasteiger partial charge in [0.2, 0.25) is 0 Å². The molecule has 2 aliphatic rings. The first-order valence-electron chi connectivity index (χ1n) is 24.9. The van der Waals surface area contributed by atoms with Crippen molar-refractivity contribution in [1.29, 1.82) is 0 Å². The molecule has 1 aromatic heterocycles. The van der Waals surface area contributed by atoms with Crippen LogP contribution < -0.4 is 19.5 Å². The van der Waals surface area contributed by atoms with Crippen LogP contribution in [0, 0.1) is 24.2 Å². The largest absolute Gasteiger partial charge is 0.497 e. The fraction of sp³-hybridized carbons (Fsp3) is 0.466. The number of thioether (sulfide) groups is 1. The molecule has 15 nitrogen and oxygen atoms in total. The second-order valence-electron chi connectivity index (χ2n) is 21.6. The van der Waals surface area contributed by atoms with Crippen LogP contribution in [0.1, 0.15) is 85.4 Å². The minimum absolute atomic E-state index is 0.00991. The van der Waals surface area contributed by atoms with Crippen LogP contribution in [0.5, 0.6) is 17.2 Å². The van der Waals surface area contributed by atoms with Gasteiger partial charge in [-0.1, -0.05) is 86.5 Å². The molecule has 4 aromatic rings. The van der Waals surface area contributed by atoms with Gasteiger partial charge >= 0.3 is 6.09 Å². The summed E-state index contributed by atoms with van der Waals surface area (Å²) in [6.45, 7) is 18.7. The van der Waals surface area contributed by atoms with Crippen molar-refractivity contribution in [3.63, 3.8) is 0 Å². The summed E-state index contributed by atoms with van der Waals surface area (Å²) in [4.78, 5) is 30.9. The van der Waals surface area contributed by atoms with Gasteiger partial charge in [0.25, 0.3) is 0 Å². The molecule has 3 N–H and O–H groups in total. The topological polar surface area (TPSA) is 183 Å². The summed E-state index contributed by atoms with van der Waals surface area (Å²) in [6, 6.07) is 22.5. The first kappa shape index (κ1) is 59.8. The molecule has 408 valence electrons. The molecule has 0 radical (unpaired) electrons. The number of rotatable bonds is 20. The minimum Gasteiger partial charge on any atom is -0.497 e. The molecule has 1 aliphatic heterocycles. The van der Waals surface area contributed by atoms with E-state index < -0.39 is 68.0 Å². The second kappa shape index (κ2) is 24.9. The zero-order chi connectivity index (χ0) is 55.7. The Morgan fingerprint density at radius 1 is 1.01 bits per heavy atom. The number of amides is 1. The SMILES string of the molecule is C#C[C@@H](Oc1c(Cl)cc(-c2cccc([C@H](CC(=O)Sc3ccccn3)NC(=O)OC(C)(C)C)c2)cc1OCOC)[C@@]1(O)C[C@H](O[Si](C)(C)C(C)(C)C)C=C1C#C[C@@]1([C@H](CO)OCc2ccc(OC)cc2)COC(C)(C)O1. The van der Waals surface area contributed by atoms with Crippen molar-refractivity contribution in [3.05, 3.63) is 113 Å². The number of carbonyl (C=O) groups is 2. The van der Waals surface area contributed by atoms with Crippen LogP contribution in [0.3, 0.4) is 0 Å². The number of methoxy groups -OCH3 is 2. The average molecular weight is 1100 g/mol. The van der Waals surface area contributed by atoms with Gasteiger partial charge in [0.1, 0.15) is 28.1 Å². The highest BCUT2D eigenvalue weighted by Gasteiger charge is 2.53. The number of pyridine rings is 1. The predicted molar refractivity (Wildman–Crippen MR) is 294 cm³/mol. The number of alkyl carbamates (subject to hydrolysis) is 1. The summed E-state index contributed by atoms with van der Waals surface area (Å²) in [5, 5.41) is 27.0. The summed E-state index contributed by atoms with van der Waals surface area (Å²) >= 11 is 8.14. The van der Waals surface area contributed by atoms with Crippen LogP contribution in [0.2, 0.25) is 23.2 Å². The molecule has 0 spiro atoms. The highest BCUT2D eigenvalue weighted by atomic mass is 35.5. The Bertz CT molecular complexity index is 2800. The van der Waals surface area contributed by atoms with E-state index in [4.69, 9.17) is 60.3 Å². The van der Waals surface area contributed by atoms with Crippen LogP contribution >= 0.6 is 23.4 Å². The van der Waals surface area contributed by atoms with Gasteiger partial charge in [-0.05, 0) is 135 Å². The molecule has 1 saturated heterocycles. The average Bonchev–Trinajstić information content (AvgIpc) is 3.85. The van der Waals surface area contributed by atoms with E-state index in [1.54, 1.807) is 96.5 Å². The molecular weight excluding hydrogens is 1030 g/mol. The van der Waals surface area contributed by atoms with Crippen molar-refractivity contribution in [2.45, 2.75) is 145 Å². The number of halogens is 1. The number of terminal acetylenes is 1. The maximum absolute atomic E-state index is 13.5. The molecule has 1 fully saturated rings. The fourth-order valence-corrected chi connectivity index (χ4v) is 10.4. The van der Waals surface area contributed by atoms with Gasteiger partial charge in [-0.3, -0.25) is 4.79 Å². The van der Waals surface area contributed by atoms with Gasteiger partial charge in [0.05, 0.1) is 44.1 Å². The highest BCUT2D eigenvalue weighted by molar-refractivity contribution is 8.13. The minimum atomic E-state index is -2.47. The molecular formula is C58H71ClN2O13SSi. The van der Waals surface area contributed by atoms with Crippen molar-refractivity contribution in [3.8, 4) is 52.6 Å². The van der Waals surface area contributed by atoms with Gasteiger partial charge in [0, 0.05) is 31.7 Å². The van der Waals surface area contributed by atoms with Crippen molar-refractivity contribution in [1.82, 2.24) is 10.3 Å². The van der Waals surface area contributed by atoms with Crippen LogP contribution in [-0.4, -0.2) is 110 Å². The lowest BCUT2D eigenvalue weighted by Gasteiger charge is -2.39. The molecule has 1 amide bonds. The maximum Gasteiger partial charge on any atom is 0.408 e. The maximum atomic E-state index is 13.5. The molecule has 18 heteroatoms. The molecule has 76 heavy (non-hydrogen) atoms. The van der Waals surface area contributed by atoms with E-state index in [0.717, 1.165) is 17.3 Å². The van der Waals surface area contributed by atoms with Crippen molar-refractivity contribution in [2.75, 3.05) is 34.2 Å². The molecule has 6 atom stereocenters. The molecule has 0 bridgehead atoms. The molecule has 6 rings (SSSR count). The molecule has 1 aliphatic carbocycles. The van der Waals surface area contributed by atoms with Crippen LogP contribution in [0.4, 0.5) is 4.79 Å². The summed E-state index contributed by atoms with van der Waals surface area (Å²) in [5.74, 6) is 8.80. The third kappa shape index (κ3) is 15.4. The normalized spacial score (nSPS) is 20.5. The predicted octanol–water partition coefficient (Wildman–Crippen LogP) is 10.6. The summed E-state index contributed by atoms with van der Waals surface area (Å²) in [6.07, 6.45) is 5.81. The quantitative estimate of drug-likeness (QED) is 0.0329. The lowest BCUT2D eigenvalue weighted by Crippen LogP contribution is -2.49. The number of carbonyl (C=O) groups excluding carboxylic acids is 2. The number of hydrogen-bond donors (Lipinski definition) is 3.